The van der Waals surface area contributed by atoms with Gasteiger partial charge in [-0.1, -0.05) is 6.58 Å². The van der Waals surface area contributed by atoms with Gasteiger partial charge in [-0.3, -0.25) is 0 Å². The molecule has 0 saturated heterocycles. The van der Waals surface area contributed by atoms with E-state index in [4.69, 9.17) is 0 Å². The van der Waals surface area contributed by atoms with Crippen molar-refractivity contribution in [1.82, 2.24) is 0 Å². The molecular weight excluding hydrogens is 424 g/mol. The maximum atomic E-state index is 9.64. The van der Waals surface area contributed by atoms with Crippen molar-refractivity contribution in [2.24, 2.45) is 0 Å². The molecule has 0 aromatic heterocycles. The summed E-state index contributed by atoms with van der Waals surface area (Å²) in [7, 11) is -5.30. The summed E-state index contributed by atoms with van der Waals surface area (Å²) in [6.07, 6.45) is 0. The van der Waals surface area contributed by atoms with Gasteiger partial charge < -0.3 is 34.3 Å². The van der Waals surface area contributed by atoms with Crippen LogP contribution >= 0.6 is 7.82 Å². The van der Waals surface area contributed by atoms with Crippen LogP contribution in [0.5, 0.6) is 0 Å². The van der Waals surface area contributed by atoms with E-state index >= 15 is 0 Å². The van der Waals surface area contributed by atoms with Gasteiger partial charge in [-0.15, -0.1) is 0 Å². The number of aliphatic carboxylic acids is 1. The standard InChI is InChI=1S/C3H5O6P.Ag.Ba.H2O/c1-2(3(4)5)9-10(6,7)8;;;/h1H2,(H,4,5)(H2,6,7,8);;;1H2/q;+1;+2;/p-3. The Kier molecular flexibility index (Phi) is 18.3. The molecule has 76 valence electrons. The number of carboxylic acids is 1. The summed E-state index contributed by atoms with van der Waals surface area (Å²) in [5, 5.41) is 9.64. The molecule has 0 spiro atoms. The van der Waals surface area contributed by atoms with Crippen LogP contribution in [0.3, 0.4) is 0 Å². The van der Waals surface area contributed by atoms with E-state index in [0.717, 1.165) is 0 Å². The van der Waals surface area contributed by atoms with E-state index < -0.39 is 19.6 Å². The van der Waals surface area contributed by atoms with E-state index in [2.05, 4.69) is 11.1 Å². The molecular formula is C3H4AgBaO7P. The van der Waals surface area contributed by atoms with Crippen LogP contribution in [0.2, 0.25) is 0 Å². The van der Waals surface area contributed by atoms with Crippen molar-refractivity contribution >= 4 is 62.7 Å². The molecule has 0 aliphatic heterocycles. The van der Waals surface area contributed by atoms with Gasteiger partial charge in [0.05, 0.1) is 0 Å². The molecule has 0 aliphatic carbocycles. The number of carbonyl (C=O) groups is 1. The van der Waals surface area contributed by atoms with Gasteiger partial charge in [0.15, 0.2) is 0 Å². The smallest absolute Gasteiger partial charge is 0.780 e. The van der Waals surface area contributed by atoms with E-state index in [1.54, 1.807) is 0 Å². The van der Waals surface area contributed by atoms with Gasteiger partial charge in [0, 0.05) is 0 Å². The quantitative estimate of drug-likeness (QED) is 0.193. The maximum absolute atomic E-state index is 9.64. The number of rotatable bonds is 3. The average Bonchev–Trinajstić information content (AvgIpc) is 1.60. The number of phosphoric acid groups is 1. The van der Waals surface area contributed by atoms with Crippen LogP contribution < -0.4 is 14.9 Å². The van der Waals surface area contributed by atoms with E-state index in [9.17, 15) is 24.3 Å². The SMILES string of the molecule is C=C(OP(=O)([O-])[O-])C(=O)[O-].O.[Ag+].[Ba+2]. The molecule has 0 unspecified atom stereocenters. The molecule has 7 nitrogen and oxygen atoms in total. The zero-order valence-corrected chi connectivity index (χ0v) is 12.9. The van der Waals surface area contributed by atoms with E-state index in [-0.39, 0.29) is 76.7 Å². The molecule has 2 N–H and O–H groups in total. The minimum atomic E-state index is -5.30. The minimum absolute atomic E-state index is 0. The number of hydrogen-bond acceptors (Lipinski definition) is 6. The average molecular weight is 428 g/mol. The predicted octanol–water partition coefficient (Wildman–Crippen LogP) is -4.11. The van der Waals surface area contributed by atoms with Crippen molar-refractivity contribution in [3.63, 3.8) is 0 Å². The van der Waals surface area contributed by atoms with Gasteiger partial charge >= 0.3 is 71.3 Å². The van der Waals surface area contributed by atoms with Crippen LogP contribution in [0.15, 0.2) is 12.3 Å². The monoisotopic (exact) mass is 428 g/mol. The molecule has 0 radical (unpaired) electrons. The first kappa shape index (κ1) is 23.9. The molecule has 0 rings (SSSR count). The summed E-state index contributed by atoms with van der Waals surface area (Å²) >= 11 is 0. The third-order valence-electron chi connectivity index (χ3n) is 0.450. The number of hydrogen-bond donors (Lipinski definition) is 0. The summed E-state index contributed by atoms with van der Waals surface area (Å²) in [5.74, 6) is -3.15. The summed E-state index contributed by atoms with van der Waals surface area (Å²) in [6.45, 7) is 2.58. The molecule has 0 aromatic rings. The Morgan fingerprint density at radius 3 is 1.77 bits per heavy atom. The van der Waals surface area contributed by atoms with Crippen molar-refractivity contribution in [1.29, 1.82) is 0 Å². The van der Waals surface area contributed by atoms with Gasteiger partial charge in [0.25, 0.3) is 0 Å². The molecule has 0 atom stereocenters. The minimum Gasteiger partial charge on any atom is -0.780 e. The number of carbonyl (C=O) groups excluding carboxylic acids is 1. The Balaban J connectivity index is -0.000000135. The Labute approximate surface area is 130 Å². The van der Waals surface area contributed by atoms with Gasteiger partial charge in [0.1, 0.15) is 19.6 Å². The molecule has 0 aromatic carbocycles. The van der Waals surface area contributed by atoms with Crippen LogP contribution in [-0.4, -0.2) is 60.3 Å². The van der Waals surface area contributed by atoms with E-state index in [1.807, 2.05) is 0 Å². The summed E-state index contributed by atoms with van der Waals surface area (Å²) in [6, 6.07) is 0. The molecule has 13 heavy (non-hydrogen) atoms. The van der Waals surface area contributed by atoms with Gasteiger partial charge in [-0.05, 0) is 0 Å². The molecule has 0 amide bonds. The second-order valence-corrected chi connectivity index (χ2v) is 2.33. The Bertz CT molecular complexity index is 212. The Morgan fingerprint density at radius 2 is 1.69 bits per heavy atom. The molecule has 0 fully saturated rings. The van der Waals surface area contributed by atoms with Crippen LogP contribution in [0.4, 0.5) is 0 Å². The molecule has 0 bridgehead atoms. The number of carboxylic acid groups (broad SMARTS) is 1. The van der Waals surface area contributed by atoms with Crippen LogP contribution in [-0.2, 0) is 36.3 Å². The number of phosphoric ester groups is 1. The maximum Gasteiger partial charge on any atom is 2.00 e. The molecule has 0 aliphatic rings. The predicted molar refractivity (Wildman–Crippen MR) is 32.2 cm³/mol. The summed E-state index contributed by atoms with van der Waals surface area (Å²) < 4.78 is 12.9. The summed E-state index contributed by atoms with van der Waals surface area (Å²) in [4.78, 5) is 28.9. The van der Waals surface area contributed by atoms with E-state index in [0.29, 0.717) is 0 Å². The van der Waals surface area contributed by atoms with Crippen molar-refractivity contribution < 1.29 is 56.6 Å². The van der Waals surface area contributed by atoms with E-state index in [1.165, 1.54) is 0 Å². The Hall–Kier alpha value is 1.43. The fourth-order valence-corrected chi connectivity index (χ4v) is 0.517. The zero-order chi connectivity index (χ0) is 8.36. The Morgan fingerprint density at radius 1 is 1.38 bits per heavy atom. The second kappa shape index (κ2) is 9.97. The first-order valence-electron chi connectivity index (χ1n) is 1.95. The normalized spacial score (nSPS) is 8.15. The third kappa shape index (κ3) is 16.1. The third-order valence-corrected chi connectivity index (χ3v) is 0.894. The van der Waals surface area contributed by atoms with Crippen molar-refractivity contribution in [3.8, 4) is 0 Å². The topological polar surface area (TPSA) is 144 Å². The zero-order valence-electron chi connectivity index (χ0n) is 6.11. The van der Waals surface area contributed by atoms with Crippen molar-refractivity contribution in [2.45, 2.75) is 0 Å². The largest absolute Gasteiger partial charge is 2.00 e. The summed E-state index contributed by atoms with van der Waals surface area (Å²) in [5.41, 5.74) is 0. The van der Waals surface area contributed by atoms with Gasteiger partial charge in [-0.2, -0.15) is 0 Å². The van der Waals surface area contributed by atoms with Crippen LogP contribution in [0.1, 0.15) is 0 Å². The molecule has 0 saturated carbocycles. The van der Waals surface area contributed by atoms with Gasteiger partial charge in [0.2, 0.25) is 0 Å². The first-order chi connectivity index (χ1) is 4.33. The molecule has 0 heterocycles. The van der Waals surface area contributed by atoms with Gasteiger partial charge in [-0.25, -0.2) is 0 Å². The fraction of sp³-hybridized carbons (Fsp3) is 0. The van der Waals surface area contributed by atoms with Crippen molar-refractivity contribution in [3.05, 3.63) is 12.3 Å². The van der Waals surface area contributed by atoms with Crippen LogP contribution in [0, 0.1) is 0 Å². The van der Waals surface area contributed by atoms with Crippen LogP contribution in [0.25, 0.3) is 0 Å². The fourth-order valence-electron chi connectivity index (χ4n) is 0.172. The second-order valence-electron chi connectivity index (χ2n) is 1.25. The first-order valence-corrected chi connectivity index (χ1v) is 3.41. The molecule has 10 heteroatoms. The van der Waals surface area contributed by atoms with Crippen molar-refractivity contribution in [2.75, 3.05) is 0 Å².